The van der Waals surface area contributed by atoms with E-state index in [4.69, 9.17) is 23.2 Å². The van der Waals surface area contributed by atoms with Crippen LogP contribution in [0.1, 0.15) is 6.92 Å². The Kier molecular flexibility index (Phi) is 2.59. The van der Waals surface area contributed by atoms with Crippen molar-refractivity contribution in [1.29, 1.82) is 0 Å². The predicted molar refractivity (Wildman–Crippen MR) is 47.3 cm³/mol. The van der Waals surface area contributed by atoms with Gasteiger partial charge in [-0.15, -0.1) is 0 Å². The quantitative estimate of drug-likeness (QED) is 0.724. The average molecular weight is 208 g/mol. The zero-order chi connectivity index (χ0) is 9.19. The molecule has 0 saturated carbocycles. The van der Waals surface area contributed by atoms with Gasteiger partial charge in [0.1, 0.15) is 5.82 Å². The number of carbonyl (C=O) groups is 1. The summed E-state index contributed by atoms with van der Waals surface area (Å²) >= 11 is 11.0. The van der Waals surface area contributed by atoms with Crippen LogP contribution < -0.4 is 5.32 Å². The maximum Gasteiger partial charge on any atom is 0.261 e. The summed E-state index contributed by atoms with van der Waals surface area (Å²) in [4.78, 5) is 11.1. The van der Waals surface area contributed by atoms with E-state index >= 15 is 0 Å². The van der Waals surface area contributed by atoms with Crippen molar-refractivity contribution >= 4 is 34.9 Å². The molecule has 0 spiro atoms. The number of nitrogens with one attached hydrogen (secondary N) is 2. The Bertz CT molecular complexity index is 265. The van der Waals surface area contributed by atoms with Crippen LogP contribution in [-0.4, -0.2) is 20.4 Å². The highest BCUT2D eigenvalue weighted by Crippen LogP contribution is 2.21. The van der Waals surface area contributed by atoms with Gasteiger partial charge in [-0.05, 0) is 6.92 Å². The zero-order valence-corrected chi connectivity index (χ0v) is 7.78. The number of nitrogens with zero attached hydrogens (tertiary/aromatic N) is 1. The number of alkyl halides is 2. The number of carbonyl (C=O) groups excluding carboxylic acids is 1. The van der Waals surface area contributed by atoms with E-state index in [1.165, 1.54) is 13.1 Å². The monoisotopic (exact) mass is 207 g/mol. The van der Waals surface area contributed by atoms with Crippen LogP contribution in [0.2, 0.25) is 0 Å². The summed E-state index contributed by atoms with van der Waals surface area (Å²) in [6.07, 6.45) is 1.51. The van der Waals surface area contributed by atoms with Gasteiger partial charge in [0.25, 0.3) is 5.91 Å². The van der Waals surface area contributed by atoms with Crippen LogP contribution in [0.5, 0.6) is 0 Å². The minimum atomic E-state index is -1.43. The van der Waals surface area contributed by atoms with Gasteiger partial charge in [0.2, 0.25) is 0 Å². The third-order valence-electron chi connectivity index (χ3n) is 1.15. The van der Waals surface area contributed by atoms with Gasteiger partial charge in [-0.1, -0.05) is 23.2 Å². The summed E-state index contributed by atoms with van der Waals surface area (Å²) in [5.74, 6) is -0.0254. The lowest BCUT2D eigenvalue weighted by atomic mass is 10.4. The van der Waals surface area contributed by atoms with Crippen molar-refractivity contribution < 1.29 is 4.79 Å². The molecule has 1 aromatic rings. The van der Waals surface area contributed by atoms with Gasteiger partial charge in [0, 0.05) is 6.07 Å². The highest BCUT2D eigenvalue weighted by molar-refractivity contribution is 6.58. The van der Waals surface area contributed by atoms with Crippen LogP contribution >= 0.6 is 23.2 Å². The molecular weight excluding hydrogens is 201 g/mol. The molecule has 12 heavy (non-hydrogen) atoms. The number of anilines is 1. The smallest absolute Gasteiger partial charge is 0.261 e. The van der Waals surface area contributed by atoms with Crippen LogP contribution in [0.4, 0.5) is 5.82 Å². The standard InChI is InChI=1S/C6H7Cl2N3O/c1-6(7,8)5(12)10-4-2-3-9-11-4/h2-3H,1H3,(H2,9,10,11,12). The topological polar surface area (TPSA) is 57.8 Å². The molecule has 0 unspecified atom stereocenters. The molecule has 0 aliphatic heterocycles. The van der Waals surface area contributed by atoms with Crippen molar-refractivity contribution in [1.82, 2.24) is 10.2 Å². The molecule has 0 saturated heterocycles. The highest BCUT2D eigenvalue weighted by Gasteiger charge is 2.27. The van der Waals surface area contributed by atoms with Crippen molar-refractivity contribution in [3.05, 3.63) is 12.3 Å². The number of H-pyrrole nitrogens is 1. The van der Waals surface area contributed by atoms with E-state index in [2.05, 4.69) is 15.5 Å². The van der Waals surface area contributed by atoms with Crippen LogP contribution in [-0.2, 0) is 4.79 Å². The number of aromatic amines is 1. The Labute approximate surface area is 79.2 Å². The van der Waals surface area contributed by atoms with Gasteiger partial charge in [0.15, 0.2) is 4.33 Å². The Morgan fingerprint density at radius 2 is 2.42 bits per heavy atom. The van der Waals surface area contributed by atoms with Crippen LogP contribution in [0.15, 0.2) is 12.3 Å². The lowest BCUT2D eigenvalue weighted by Gasteiger charge is -2.11. The number of hydrogen-bond acceptors (Lipinski definition) is 2. The van der Waals surface area contributed by atoms with Crippen molar-refractivity contribution in [3.8, 4) is 0 Å². The van der Waals surface area contributed by atoms with Gasteiger partial charge >= 0.3 is 0 Å². The summed E-state index contributed by atoms with van der Waals surface area (Å²) in [5, 5.41) is 8.61. The minimum absolute atomic E-state index is 0.465. The van der Waals surface area contributed by atoms with Gasteiger partial charge in [-0.2, -0.15) is 5.10 Å². The molecule has 1 aromatic heterocycles. The summed E-state index contributed by atoms with van der Waals surface area (Å²) in [6.45, 7) is 1.39. The molecule has 0 fully saturated rings. The molecule has 0 aromatic carbocycles. The zero-order valence-electron chi connectivity index (χ0n) is 6.27. The normalized spacial score (nSPS) is 11.2. The molecule has 0 aliphatic rings. The maximum atomic E-state index is 11.1. The second-order valence-electron chi connectivity index (χ2n) is 2.31. The SMILES string of the molecule is CC(Cl)(Cl)C(=O)Nc1ccn[nH]1. The number of rotatable bonds is 2. The fraction of sp³-hybridized carbons (Fsp3) is 0.333. The summed E-state index contributed by atoms with van der Waals surface area (Å²) in [5.41, 5.74) is 0. The Balaban J connectivity index is 2.60. The molecular formula is C6H7Cl2N3O. The lowest BCUT2D eigenvalue weighted by Crippen LogP contribution is -2.29. The van der Waals surface area contributed by atoms with E-state index in [0.29, 0.717) is 5.82 Å². The Morgan fingerprint density at radius 3 is 2.83 bits per heavy atom. The van der Waals surface area contributed by atoms with Crippen LogP contribution in [0.3, 0.4) is 0 Å². The number of amides is 1. The van der Waals surface area contributed by atoms with Gasteiger partial charge in [-0.3, -0.25) is 9.89 Å². The van der Waals surface area contributed by atoms with E-state index in [-0.39, 0.29) is 0 Å². The van der Waals surface area contributed by atoms with E-state index in [9.17, 15) is 4.79 Å². The number of halogens is 2. The molecule has 0 radical (unpaired) electrons. The molecule has 0 bridgehead atoms. The minimum Gasteiger partial charge on any atom is -0.308 e. The van der Waals surface area contributed by atoms with E-state index < -0.39 is 10.2 Å². The van der Waals surface area contributed by atoms with Gasteiger partial charge < -0.3 is 5.32 Å². The highest BCUT2D eigenvalue weighted by atomic mass is 35.5. The summed E-state index contributed by atoms with van der Waals surface area (Å²) < 4.78 is -1.43. The molecule has 0 aliphatic carbocycles. The first kappa shape index (κ1) is 9.35. The van der Waals surface area contributed by atoms with Crippen molar-refractivity contribution in [3.63, 3.8) is 0 Å². The van der Waals surface area contributed by atoms with Crippen molar-refractivity contribution in [2.75, 3.05) is 5.32 Å². The fourth-order valence-electron chi connectivity index (χ4n) is 0.558. The predicted octanol–water partition coefficient (Wildman–Crippen LogP) is 1.54. The molecule has 4 nitrogen and oxygen atoms in total. The van der Waals surface area contributed by atoms with Crippen LogP contribution in [0.25, 0.3) is 0 Å². The molecule has 1 amide bonds. The largest absolute Gasteiger partial charge is 0.308 e. The number of aromatic nitrogens is 2. The average Bonchev–Trinajstić information content (AvgIpc) is 2.37. The lowest BCUT2D eigenvalue weighted by molar-refractivity contribution is -0.116. The molecule has 6 heteroatoms. The fourth-order valence-corrected chi connectivity index (χ4v) is 0.652. The van der Waals surface area contributed by atoms with Crippen molar-refractivity contribution in [2.24, 2.45) is 0 Å². The first-order valence-corrected chi connectivity index (χ1v) is 3.94. The summed E-state index contributed by atoms with van der Waals surface area (Å²) in [6, 6.07) is 1.59. The molecule has 1 rings (SSSR count). The molecule has 0 atom stereocenters. The first-order valence-electron chi connectivity index (χ1n) is 3.19. The van der Waals surface area contributed by atoms with E-state index in [1.54, 1.807) is 6.07 Å². The van der Waals surface area contributed by atoms with E-state index in [1.807, 2.05) is 0 Å². The molecule has 1 heterocycles. The maximum absolute atomic E-state index is 11.1. The third kappa shape index (κ3) is 2.39. The van der Waals surface area contributed by atoms with Crippen LogP contribution in [0, 0.1) is 0 Å². The molecule has 2 N–H and O–H groups in total. The Morgan fingerprint density at radius 1 is 1.75 bits per heavy atom. The number of hydrogen-bond donors (Lipinski definition) is 2. The second-order valence-corrected chi connectivity index (χ2v) is 4.02. The van der Waals surface area contributed by atoms with Gasteiger partial charge in [0.05, 0.1) is 6.20 Å². The van der Waals surface area contributed by atoms with Crippen molar-refractivity contribution in [2.45, 2.75) is 11.3 Å². The Hall–Kier alpha value is -0.740. The first-order chi connectivity index (χ1) is 5.50. The second kappa shape index (κ2) is 3.33. The summed E-state index contributed by atoms with van der Waals surface area (Å²) in [7, 11) is 0. The molecule has 66 valence electrons. The van der Waals surface area contributed by atoms with Gasteiger partial charge in [-0.25, -0.2) is 0 Å². The van der Waals surface area contributed by atoms with E-state index in [0.717, 1.165) is 0 Å². The third-order valence-corrected chi connectivity index (χ3v) is 1.49.